The third kappa shape index (κ3) is 21.3. The molecular weight excluding hydrogens is 218 g/mol. The van der Waals surface area contributed by atoms with Crippen molar-refractivity contribution in [3.8, 4) is 0 Å². The Morgan fingerprint density at radius 2 is 1.28 bits per heavy atom. The topological polar surface area (TPSA) is 12.0 Å². The summed E-state index contributed by atoms with van der Waals surface area (Å²) in [5, 5.41) is 3.31. The lowest BCUT2D eigenvalue weighted by molar-refractivity contribution is 0.184. The van der Waals surface area contributed by atoms with E-state index in [0.717, 1.165) is 0 Å². The highest BCUT2D eigenvalue weighted by Gasteiger charge is 2.26. The quantitative estimate of drug-likeness (QED) is 0.664. The monoisotopic (exact) mass is 259 g/mol. The molecule has 0 aliphatic carbocycles. The molecule has 0 heterocycles. The molecule has 1 nitrogen and oxygen atoms in total. The average Bonchev–Trinajstić information content (AvgIpc) is 2.17. The van der Waals surface area contributed by atoms with Gasteiger partial charge in [-0.3, -0.25) is 0 Å². The van der Waals surface area contributed by atoms with Crippen molar-refractivity contribution in [2.24, 2.45) is 10.8 Å². The van der Waals surface area contributed by atoms with Crippen LogP contribution in [0.25, 0.3) is 0 Å². The number of nitrogens with one attached hydrogen (secondary N) is 1. The molecule has 0 aliphatic rings. The van der Waals surface area contributed by atoms with Crippen LogP contribution in [0.2, 0.25) is 0 Å². The van der Waals surface area contributed by atoms with E-state index in [-0.39, 0.29) is 0 Å². The van der Waals surface area contributed by atoms with Crippen molar-refractivity contribution < 1.29 is 0 Å². The molecule has 1 N–H and O–H groups in total. The van der Waals surface area contributed by atoms with Crippen LogP contribution in [0, 0.1) is 10.8 Å². The van der Waals surface area contributed by atoms with Crippen LogP contribution in [-0.4, -0.2) is 13.1 Å². The molecule has 1 heteroatoms. The van der Waals surface area contributed by atoms with E-state index >= 15 is 0 Å². The van der Waals surface area contributed by atoms with Gasteiger partial charge in [-0.05, 0) is 37.6 Å². The number of hydrogen-bond donors (Lipinski definition) is 1. The van der Waals surface area contributed by atoms with Crippen LogP contribution in [0.15, 0.2) is 0 Å². The third-order valence-corrected chi connectivity index (χ3v) is 2.36. The first kappa shape index (κ1) is 23.1. The van der Waals surface area contributed by atoms with Gasteiger partial charge in [0.2, 0.25) is 0 Å². The summed E-state index contributed by atoms with van der Waals surface area (Å²) in [5.74, 6) is 0. The summed E-state index contributed by atoms with van der Waals surface area (Å²) in [5.41, 5.74) is 0.887. The van der Waals surface area contributed by atoms with Gasteiger partial charge in [-0.1, -0.05) is 68.7 Å². The molecule has 0 rings (SSSR count). The van der Waals surface area contributed by atoms with Crippen LogP contribution in [0.1, 0.15) is 88.5 Å². The van der Waals surface area contributed by atoms with Crippen molar-refractivity contribution in [1.29, 1.82) is 0 Å². The molecule has 0 fully saturated rings. The summed E-state index contributed by atoms with van der Waals surface area (Å²) in [4.78, 5) is 0. The second kappa shape index (κ2) is 12.0. The molecule has 0 aromatic heterocycles. The maximum Gasteiger partial charge on any atom is 0.00408 e. The zero-order valence-corrected chi connectivity index (χ0v) is 15.2. The van der Waals surface area contributed by atoms with E-state index in [4.69, 9.17) is 0 Å². The lowest BCUT2D eigenvalue weighted by Crippen LogP contribution is -2.30. The van der Waals surface area contributed by atoms with Crippen LogP contribution in [0.3, 0.4) is 0 Å². The maximum absolute atomic E-state index is 3.31. The molecule has 1 atom stereocenters. The van der Waals surface area contributed by atoms with E-state index in [1.165, 1.54) is 19.3 Å². The summed E-state index contributed by atoms with van der Waals surface area (Å²) in [6.07, 6.45) is 3.78. The van der Waals surface area contributed by atoms with Gasteiger partial charge in [0, 0.05) is 6.04 Å². The Hall–Kier alpha value is -0.0400. The van der Waals surface area contributed by atoms with Crippen molar-refractivity contribution in [1.82, 2.24) is 5.32 Å². The maximum atomic E-state index is 3.31. The van der Waals surface area contributed by atoms with Gasteiger partial charge in [0.25, 0.3) is 0 Å². The summed E-state index contributed by atoms with van der Waals surface area (Å²) in [6.45, 7) is 22.2. The minimum atomic E-state index is 0.441. The molecule has 0 aliphatic heterocycles. The van der Waals surface area contributed by atoms with Crippen molar-refractivity contribution in [3.05, 3.63) is 0 Å². The van der Waals surface area contributed by atoms with Crippen LogP contribution in [0.4, 0.5) is 0 Å². The fraction of sp³-hybridized carbons (Fsp3) is 1.00. The first-order valence-corrected chi connectivity index (χ1v) is 7.75. The van der Waals surface area contributed by atoms with Gasteiger partial charge in [-0.15, -0.1) is 0 Å². The number of hydrogen-bond acceptors (Lipinski definition) is 1. The SMILES string of the molecule is CC.CCC.CNC(C)CC(C)(C)CC(C)(C)C. The van der Waals surface area contributed by atoms with Gasteiger partial charge in [-0.2, -0.15) is 0 Å². The Labute approximate surface area is 118 Å². The Balaban J connectivity index is -0.000000389. The Kier molecular flexibility index (Phi) is 15.4. The van der Waals surface area contributed by atoms with E-state index in [9.17, 15) is 0 Å². The van der Waals surface area contributed by atoms with E-state index in [2.05, 4.69) is 60.7 Å². The normalized spacial score (nSPS) is 12.8. The Bertz CT molecular complexity index is 153. The molecule has 114 valence electrons. The predicted octanol–water partition coefficient (Wildman–Crippen LogP) is 5.89. The highest BCUT2D eigenvalue weighted by molar-refractivity contribution is 4.79. The van der Waals surface area contributed by atoms with Gasteiger partial charge in [-0.25, -0.2) is 0 Å². The lowest BCUT2D eigenvalue weighted by atomic mass is 9.73. The molecule has 18 heavy (non-hydrogen) atoms. The summed E-state index contributed by atoms with van der Waals surface area (Å²) >= 11 is 0. The predicted molar refractivity (Wildman–Crippen MR) is 88.3 cm³/mol. The number of rotatable bonds is 4. The fourth-order valence-corrected chi connectivity index (χ4v) is 2.44. The smallest absolute Gasteiger partial charge is 0.00408 e. The van der Waals surface area contributed by atoms with Crippen molar-refractivity contribution >= 4 is 0 Å². The lowest BCUT2D eigenvalue weighted by Gasteiger charge is -2.34. The largest absolute Gasteiger partial charge is 0.317 e. The summed E-state index contributed by atoms with van der Waals surface area (Å²) in [6, 6.07) is 0.623. The van der Waals surface area contributed by atoms with Crippen LogP contribution in [-0.2, 0) is 0 Å². The molecule has 1 unspecified atom stereocenters. The average molecular weight is 260 g/mol. The molecule has 0 aromatic carbocycles. The molecule has 0 spiro atoms. The van der Waals surface area contributed by atoms with E-state index in [1.807, 2.05) is 20.9 Å². The zero-order valence-electron chi connectivity index (χ0n) is 15.2. The second-order valence-corrected chi connectivity index (χ2v) is 7.00. The first-order valence-electron chi connectivity index (χ1n) is 7.75. The van der Waals surface area contributed by atoms with Crippen molar-refractivity contribution in [3.63, 3.8) is 0 Å². The second-order valence-electron chi connectivity index (χ2n) is 7.00. The van der Waals surface area contributed by atoms with Crippen LogP contribution < -0.4 is 5.32 Å². The molecule has 0 amide bonds. The van der Waals surface area contributed by atoms with Crippen LogP contribution in [0.5, 0.6) is 0 Å². The van der Waals surface area contributed by atoms with Crippen molar-refractivity contribution in [2.75, 3.05) is 7.05 Å². The fourth-order valence-electron chi connectivity index (χ4n) is 2.44. The van der Waals surface area contributed by atoms with Crippen molar-refractivity contribution in [2.45, 2.75) is 94.5 Å². The molecule has 0 bridgehead atoms. The molecule has 0 saturated heterocycles. The zero-order chi connectivity index (χ0) is 15.4. The minimum absolute atomic E-state index is 0.441. The van der Waals surface area contributed by atoms with Gasteiger partial charge in [0.15, 0.2) is 0 Å². The highest BCUT2D eigenvalue weighted by atomic mass is 14.9. The van der Waals surface area contributed by atoms with E-state index in [1.54, 1.807) is 0 Å². The van der Waals surface area contributed by atoms with Gasteiger partial charge < -0.3 is 5.32 Å². The first-order chi connectivity index (χ1) is 8.08. The standard InChI is InChI=1S/C12H27N.C3H8.C2H6/c1-10(13-7)8-12(5,6)9-11(2,3)4;1-3-2;1-2/h10,13H,8-9H2,1-7H3;3H2,1-2H3;1-2H3. The van der Waals surface area contributed by atoms with Gasteiger partial charge in [0.05, 0.1) is 0 Å². The van der Waals surface area contributed by atoms with E-state index < -0.39 is 0 Å². The summed E-state index contributed by atoms with van der Waals surface area (Å²) in [7, 11) is 2.04. The molecule has 0 aromatic rings. The summed E-state index contributed by atoms with van der Waals surface area (Å²) < 4.78 is 0. The van der Waals surface area contributed by atoms with E-state index in [0.29, 0.717) is 16.9 Å². The highest BCUT2D eigenvalue weighted by Crippen LogP contribution is 2.36. The third-order valence-electron chi connectivity index (χ3n) is 2.36. The Morgan fingerprint density at radius 3 is 1.50 bits per heavy atom. The molecular formula is C17H41N. The van der Waals surface area contributed by atoms with Gasteiger partial charge in [0.1, 0.15) is 0 Å². The van der Waals surface area contributed by atoms with Gasteiger partial charge >= 0.3 is 0 Å². The minimum Gasteiger partial charge on any atom is -0.317 e. The Morgan fingerprint density at radius 1 is 0.944 bits per heavy atom. The van der Waals surface area contributed by atoms with Crippen LogP contribution >= 0.6 is 0 Å². The molecule has 0 saturated carbocycles. The molecule has 0 radical (unpaired) electrons.